The van der Waals surface area contributed by atoms with E-state index in [0.717, 1.165) is 16.1 Å². The molecule has 2 aromatic rings. The molecule has 1 unspecified atom stereocenters. The van der Waals surface area contributed by atoms with Crippen LogP contribution in [0.15, 0.2) is 29.8 Å². The van der Waals surface area contributed by atoms with Crippen LogP contribution in [0.2, 0.25) is 0 Å². The van der Waals surface area contributed by atoms with Gasteiger partial charge in [0.1, 0.15) is 12.2 Å². The molecule has 8 heteroatoms. The molecule has 1 aromatic heterocycles. The fourth-order valence-electron chi connectivity index (χ4n) is 2.19. The third-order valence-electron chi connectivity index (χ3n) is 3.29. The number of aryl methyl sites for hydroxylation is 1. The van der Waals surface area contributed by atoms with Crippen LogP contribution in [0.25, 0.3) is 10.4 Å². The summed E-state index contributed by atoms with van der Waals surface area (Å²) in [5.74, 6) is 0. The Balaban J connectivity index is 2.10. The van der Waals surface area contributed by atoms with Crippen LogP contribution < -0.4 is 5.73 Å². The number of hydrogen-bond acceptors (Lipinski definition) is 7. The number of carbonyl (C=O) groups is 2. The van der Waals surface area contributed by atoms with E-state index in [4.69, 9.17) is 19.9 Å². The van der Waals surface area contributed by atoms with E-state index in [1.165, 1.54) is 0 Å². The Morgan fingerprint density at radius 3 is 2.38 bits per heavy atom. The summed E-state index contributed by atoms with van der Waals surface area (Å²) in [5.41, 5.74) is 8.83. The number of benzene rings is 1. The number of aromatic nitrogens is 1. The van der Waals surface area contributed by atoms with Crippen LogP contribution in [-0.2, 0) is 14.2 Å². The van der Waals surface area contributed by atoms with Crippen molar-refractivity contribution in [3.05, 3.63) is 41.0 Å². The maximum atomic E-state index is 11.7. The van der Waals surface area contributed by atoms with Crippen LogP contribution in [0.4, 0.5) is 9.59 Å². The summed E-state index contributed by atoms with van der Waals surface area (Å²) >= 11 is 1.54. The summed E-state index contributed by atoms with van der Waals surface area (Å²) in [7, 11) is 0. The second-order valence-corrected chi connectivity index (χ2v) is 7.44. The third-order valence-corrected chi connectivity index (χ3v) is 4.27. The van der Waals surface area contributed by atoms with Crippen LogP contribution in [0.1, 0.15) is 38.1 Å². The summed E-state index contributed by atoms with van der Waals surface area (Å²) in [4.78, 5) is 28.2. The molecule has 0 aliphatic rings. The molecule has 0 bridgehead atoms. The fourth-order valence-corrected chi connectivity index (χ4v) is 3.00. The number of thiazole rings is 1. The van der Waals surface area contributed by atoms with Crippen LogP contribution in [-0.4, -0.2) is 29.4 Å². The van der Waals surface area contributed by atoms with Crippen molar-refractivity contribution in [2.24, 2.45) is 5.73 Å². The zero-order valence-corrected chi connectivity index (χ0v) is 16.0. The van der Waals surface area contributed by atoms with Gasteiger partial charge in [-0.25, -0.2) is 14.6 Å². The topological polar surface area (TPSA) is 101 Å². The minimum Gasteiger partial charge on any atom is -0.438 e. The smallest absolute Gasteiger partial charge is 0.438 e. The van der Waals surface area contributed by atoms with Gasteiger partial charge in [-0.05, 0) is 38.8 Å². The molecule has 2 rings (SSSR count). The van der Waals surface area contributed by atoms with Crippen molar-refractivity contribution in [1.82, 2.24) is 4.98 Å². The van der Waals surface area contributed by atoms with Crippen LogP contribution in [0, 0.1) is 6.92 Å². The maximum Gasteiger partial charge on any atom is 0.508 e. The quantitative estimate of drug-likeness (QED) is 0.782. The average molecular weight is 378 g/mol. The number of hydrogen-bond donors (Lipinski definition) is 1. The number of nitrogens with zero attached hydrogens (tertiary/aromatic N) is 1. The highest BCUT2D eigenvalue weighted by Crippen LogP contribution is 2.29. The SMILES string of the molecule is Cc1ncsc1-c1ccc(C(COC(=O)OC(C)(C)C)OC(N)=O)cc1. The minimum atomic E-state index is -0.954. The van der Waals surface area contributed by atoms with E-state index in [-0.39, 0.29) is 6.61 Å². The molecule has 26 heavy (non-hydrogen) atoms. The highest BCUT2D eigenvalue weighted by molar-refractivity contribution is 7.13. The fraction of sp³-hybridized carbons (Fsp3) is 0.389. The van der Waals surface area contributed by atoms with Crippen LogP contribution >= 0.6 is 11.3 Å². The summed E-state index contributed by atoms with van der Waals surface area (Å²) in [6.07, 6.45) is -2.62. The number of primary amides is 1. The molecule has 0 saturated carbocycles. The summed E-state index contributed by atoms with van der Waals surface area (Å²) in [6, 6.07) is 7.36. The molecule has 0 spiro atoms. The highest BCUT2D eigenvalue weighted by Gasteiger charge is 2.22. The van der Waals surface area contributed by atoms with Crippen LogP contribution in [0.3, 0.4) is 0 Å². The molecule has 0 radical (unpaired) electrons. The Bertz CT molecular complexity index is 765. The normalized spacial score (nSPS) is 12.3. The largest absolute Gasteiger partial charge is 0.508 e. The first-order chi connectivity index (χ1) is 12.2. The van der Waals surface area contributed by atoms with E-state index >= 15 is 0 Å². The predicted octanol–water partition coefficient (Wildman–Crippen LogP) is 4.21. The van der Waals surface area contributed by atoms with E-state index in [1.807, 2.05) is 19.1 Å². The minimum absolute atomic E-state index is 0.198. The lowest BCUT2D eigenvalue weighted by Gasteiger charge is -2.21. The average Bonchev–Trinajstić information content (AvgIpc) is 2.96. The zero-order chi connectivity index (χ0) is 19.3. The van der Waals surface area contributed by atoms with Gasteiger partial charge < -0.3 is 19.9 Å². The Morgan fingerprint density at radius 1 is 1.23 bits per heavy atom. The Hall–Kier alpha value is -2.61. The molecule has 2 N–H and O–H groups in total. The Kier molecular flexibility index (Phi) is 6.20. The first kappa shape index (κ1) is 19.7. The van der Waals surface area contributed by atoms with Gasteiger partial charge in [-0.1, -0.05) is 24.3 Å². The summed E-state index contributed by atoms with van der Waals surface area (Å²) < 4.78 is 15.2. The van der Waals surface area contributed by atoms with E-state index in [2.05, 4.69) is 4.98 Å². The second kappa shape index (κ2) is 8.18. The van der Waals surface area contributed by atoms with Crippen LogP contribution in [0.5, 0.6) is 0 Å². The second-order valence-electron chi connectivity index (χ2n) is 6.59. The third kappa shape index (κ3) is 5.73. The molecule has 1 amide bonds. The van der Waals surface area contributed by atoms with Gasteiger partial charge in [-0.3, -0.25) is 0 Å². The van der Waals surface area contributed by atoms with Crippen molar-refractivity contribution >= 4 is 23.6 Å². The van der Waals surface area contributed by atoms with Gasteiger partial charge in [0.25, 0.3) is 0 Å². The van der Waals surface area contributed by atoms with Crippen molar-refractivity contribution in [3.8, 4) is 10.4 Å². The van der Waals surface area contributed by atoms with E-state index in [1.54, 1.807) is 49.8 Å². The Labute approximate surface area is 156 Å². The molecule has 7 nitrogen and oxygen atoms in total. The van der Waals surface area contributed by atoms with Gasteiger partial charge in [-0.15, -0.1) is 11.3 Å². The van der Waals surface area contributed by atoms with E-state index < -0.39 is 24.0 Å². The first-order valence-corrected chi connectivity index (χ1v) is 8.86. The molecule has 1 atom stereocenters. The van der Waals surface area contributed by atoms with Crippen molar-refractivity contribution in [1.29, 1.82) is 0 Å². The van der Waals surface area contributed by atoms with E-state index in [0.29, 0.717) is 5.56 Å². The first-order valence-electron chi connectivity index (χ1n) is 7.98. The molecule has 0 saturated heterocycles. The van der Waals surface area contributed by atoms with Gasteiger partial charge in [0.15, 0.2) is 6.10 Å². The number of nitrogens with two attached hydrogens (primary N) is 1. The molecule has 0 aliphatic carbocycles. The highest BCUT2D eigenvalue weighted by atomic mass is 32.1. The lowest BCUT2D eigenvalue weighted by molar-refractivity contribution is -0.0273. The molecule has 0 fully saturated rings. The molecule has 1 heterocycles. The number of amides is 1. The van der Waals surface area contributed by atoms with Gasteiger partial charge >= 0.3 is 12.2 Å². The number of carbonyl (C=O) groups excluding carboxylic acids is 2. The molecule has 140 valence electrons. The van der Waals surface area contributed by atoms with Gasteiger partial charge in [0.05, 0.1) is 16.1 Å². The maximum absolute atomic E-state index is 11.7. The lowest BCUT2D eigenvalue weighted by Crippen LogP contribution is -2.27. The van der Waals surface area contributed by atoms with Crippen molar-refractivity contribution in [3.63, 3.8) is 0 Å². The van der Waals surface area contributed by atoms with Gasteiger partial charge in [0, 0.05) is 0 Å². The number of rotatable bonds is 5. The summed E-state index contributed by atoms with van der Waals surface area (Å²) in [6.45, 7) is 6.92. The summed E-state index contributed by atoms with van der Waals surface area (Å²) in [5, 5.41) is 0. The zero-order valence-electron chi connectivity index (χ0n) is 15.1. The molecule has 0 aliphatic heterocycles. The Morgan fingerprint density at radius 2 is 1.88 bits per heavy atom. The van der Waals surface area contributed by atoms with Crippen molar-refractivity contribution in [2.45, 2.75) is 39.4 Å². The van der Waals surface area contributed by atoms with Gasteiger partial charge in [0.2, 0.25) is 0 Å². The molecular formula is C18H22N2O5S. The number of ether oxygens (including phenoxy) is 3. The van der Waals surface area contributed by atoms with E-state index in [9.17, 15) is 9.59 Å². The molecule has 1 aromatic carbocycles. The monoisotopic (exact) mass is 378 g/mol. The standard InChI is InChI=1S/C18H22N2O5S/c1-11-15(26-10-20-11)13-7-5-12(6-8-13)14(24-16(19)21)9-23-17(22)25-18(2,3)4/h5-8,10,14H,9H2,1-4H3,(H2,19,21). The lowest BCUT2D eigenvalue weighted by atomic mass is 10.1. The van der Waals surface area contributed by atoms with Crippen molar-refractivity contribution < 1.29 is 23.8 Å². The predicted molar refractivity (Wildman–Crippen MR) is 97.9 cm³/mol. The molecular weight excluding hydrogens is 356 g/mol. The van der Waals surface area contributed by atoms with Gasteiger partial charge in [-0.2, -0.15) is 0 Å². The van der Waals surface area contributed by atoms with Crippen molar-refractivity contribution in [2.75, 3.05) is 6.61 Å².